The standard InChI is InChI=1S/C11H13NO2.C3H6/c1-9(7-10(8-13)14-2)11-5-3-4-6-12-11;1-3-2/h3-9H,1-2H3;3H,1H2,2H3/b10-7-;. The highest BCUT2D eigenvalue weighted by Crippen LogP contribution is 2.14. The zero-order valence-electron chi connectivity index (χ0n) is 10.6. The van der Waals surface area contributed by atoms with Gasteiger partial charge in [0.05, 0.1) is 7.11 Å². The summed E-state index contributed by atoms with van der Waals surface area (Å²) in [6.45, 7) is 7.21. The van der Waals surface area contributed by atoms with Crippen molar-refractivity contribution >= 4 is 6.29 Å². The maximum absolute atomic E-state index is 10.5. The minimum atomic E-state index is 0.0800. The summed E-state index contributed by atoms with van der Waals surface area (Å²) in [7, 11) is 1.48. The third kappa shape index (κ3) is 6.30. The molecule has 1 atom stereocenters. The summed E-state index contributed by atoms with van der Waals surface area (Å²) < 4.78 is 4.86. The Morgan fingerprint density at radius 3 is 2.59 bits per heavy atom. The minimum absolute atomic E-state index is 0.0800. The molecule has 0 amide bonds. The van der Waals surface area contributed by atoms with E-state index in [1.54, 1.807) is 18.3 Å². The highest BCUT2D eigenvalue weighted by Gasteiger charge is 2.04. The fraction of sp³-hybridized carbons (Fsp3) is 0.286. The van der Waals surface area contributed by atoms with Gasteiger partial charge in [-0.1, -0.05) is 19.1 Å². The second-order valence-electron chi connectivity index (χ2n) is 3.34. The Morgan fingerprint density at radius 1 is 1.53 bits per heavy atom. The molecule has 3 heteroatoms. The van der Waals surface area contributed by atoms with Crippen LogP contribution in [-0.4, -0.2) is 18.4 Å². The first-order valence-corrected chi connectivity index (χ1v) is 5.38. The number of hydrogen-bond donors (Lipinski definition) is 0. The molecule has 3 nitrogen and oxygen atoms in total. The molecule has 0 fully saturated rings. The number of aldehydes is 1. The number of carbonyl (C=O) groups is 1. The van der Waals surface area contributed by atoms with E-state index in [1.165, 1.54) is 7.11 Å². The van der Waals surface area contributed by atoms with Gasteiger partial charge in [0.1, 0.15) is 0 Å². The lowest BCUT2D eigenvalue weighted by Crippen LogP contribution is -1.96. The van der Waals surface area contributed by atoms with Crippen LogP contribution < -0.4 is 0 Å². The van der Waals surface area contributed by atoms with Crippen LogP contribution in [0.4, 0.5) is 0 Å². The van der Waals surface area contributed by atoms with Gasteiger partial charge < -0.3 is 4.74 Å². The first kappa shape index (κ1) is 15.1. The van der Waals surface area contributed by atoms with Crippen molar-refractivity contribution in [3.8, 4) is 0 Å². The SMILES string of the molecule is C=CC.CO/C(C=O)=C\C(C)c1ccccn1. The van der Waals surface area contributed by atoms with Crippen molar-refractivity contribution < 1.29 is 9.53 Å². The van der Waals surface area contributed by atoms with Crippen LogP contribution in [0.15, 0.2) is 48.9 Å². The van der Waals surface area contributed by atoms with Crippen LogP contribution in [0.5, 0.6) is 0 Å². The Balaban J connectivity index is 0.000000770. The van der Waals surface area contributed by atoms with E-state index < -0.39 is 0 Å². The van der Waals surface area contributed by atoms with E-state index in [-0.39, 0.29) is 5.92 Å². The number of hydrogen-bond acceptors (Lipinski definition) is 3. The molecule has 1 heterocycles. The first-order valence-electron chi connectivity index (χ1n) is 5.38. The van der Waals surface area contributed by atoms with Crippen molar-refractivity contribution in [2.75, 3.05) is 7.11 Å². The van der Waals surface area contributed by atoms with E-state index in [0.717, 1.165) is 5.69 Å². The van der Waals surface area contributed by atoms with Crippen molar-refractivity contribution in [3.63, 3.8) is 0 Å². The van der Waals surface area contributed by atoms with Gasteiger partial charge in [-0.2, -0.15) is 0 Å². The Labute approximate surface area is 103 Å². The van der Waals surface area contributed by atoms with Crippen LogP contribution in [0, 0.1) is 0 Å². The van der Waals surface area contributed by atoms with Gasteiger partial charge in [-0.25, -0.2) is 0 Å². The third-order valence-corrected chi connectivity index (χ3v) is 1.92. The summed E-state index contributed by atoms with van der Waals surface area (Å²) in [6.07, 6.45) is 5.92. The normalized spacial score (nSPS) is 11.8. The Bertz CT molecular complexity index is 358. The number of methoxy groups -OCH3 is 1. The van der Waals surface area contributed by atoms with Crippen LogP contribution >= 0.6 is 0 Å². The molecule has 1 rings (SSSR count). The number of carbonyl (C=O) groups excluding carboxylic acids is 1. The lowest BCUT2D eigenvalue weighted by Gasteiger charge is -2.06. The molecule has 0 aliphatic rings. The van der Waals surface area contributed by atoms with Crippen LogP contribution in [0.25, 0.3) is 0 Å². The van der Waals surface area contributed by atoms with Gasteiger partial charge in [0, 0.05) is 17.8 Å². The average Bonchev–Trinajstić information content (AvgIpc) is 2.37. The van der Waals surface area contributed by atoms with E-state index in [1.807, 2.05) is 32.0 Å². The van der Waals surface area contributed by atoms with Crippen LogP contribution in [0.3, 0.4) is 0 Å². The molecule has 0 saturated heterocycles. The van der Waals surface area contributed by atoms with E-state index in [2.05, 4.69) is 11.6 Å². The lowest BCUT2D eigenvalue weighted by molar-refractivity contribution is -0.107. The fourth-order valence-corrected chi connectivity index (χ4v) is 1.13. The predicted octanol–water partition coefficient (Wildman–Crippen LogP) is 3.11. The van der Waals surface area contributed by atoms with E-state index in [0.29, 0.717) is 12.0 Å². The van der Waals surface area contributed by atoms with Crippen molar-refractivity contribution in [1.29, 1.82) is 0 Å². The summed E-state index contributed by atoms with van der Waals surface area (Å²) in [4.78, 5) is 14.7. The average molecular weight is 233 g/mol. The molecule has 0 saturated carbocycles. The van der Waals surface area contributed by atoms with Crippen molar-refractivity contribution in [2.24, 2.45) is 0 Å². The van der Waals surface area contributed by atoms with E-state index in [9.17, 15) is 4.79 Å². The van der Waals surface area contributed by atoms with Gasteiger partial charge in [-0.15, -0.1) is 6.58 Å². The zero-order chi connectivity index (χ0) is 13.1. The molecule has 0 aliphatic carbocycles. The summed E-state index contributed by atoms with van der Waals surface area (Å²) in [5.41, 5.74) is 0.920. The van der Waals surface area contributed by atoms with Crippen molar-refractivity contribution in [1.82, 2.24) is 4.98 Å². The first-order chi connectivity index (χ1) is 8.19. The molecule has 17 heavy (non-hydrogen) atoms. The molecule has 1 unspecified atom stereocenters. The zero-order valence-corrected chi connectivity index (χ0v) is 10.6. The van der Waals surface area contributed by atoms with Gasteiger partial charge in [0.25, 0.3) is 0 Å². The molecule has 0 radical (unpaired) electrons. The van der Waals surface area contributed by atoms with Gasteiger partial charge in [0.15, 0.2) is 12.0 Å². The largest absolute Gasteiger partial charge is 0.494 e. The molecular formula is C14H19NO2. The molecule has 0 aliphatic heterocycles. The maximum atomic E-state index is 10.5. The lowest BCUT2D eigenvalue weighted by atomic mass is 10.1. The summed E-state index contributed by atoms with van der Waals surface area (Å²) >= 11 is 0. The molecule has 0 N–H and O–H groups in total. The molecule has 0 spiro atoms. The highest BCUT2D eigenvalue weighted by molar-refractivity contribution is 5.70. The molecule has 92 valence electrons. The molecule has 0 aromatic carbocycles. The van der Waals surface area contributed by atoms with Gasteiger partial charge in [-0.05, 0) is 25.1 Å². The van der Waals surface area contributed by atoms with Crippen LogP contribution in [0.2, 0.25) is 0 Å². The molecular weight excluding hydrogens is 214 g/mol. The topological polar surface area (TPSA) is 39.2 Å². The number of pyridine rings is 1. The highest BCUT2D eigenvalue weighted by atomic mass is 16.5. The molecule has 1 aromatic rings. The number of ether oxygens (including phenoxy) is 1. The van der Waals surface area contributed by atoms with Gasteiger partial charge >= 0.3 is 0 Å². The number of nitrogens with zero attached hydrogens (tertiary/aromatic N) is 1. The number of aromatic nitrogens is 1. The third-order valence-electron chi connectivity index (χ3n) is 1.92. The Kier molecular flexibility index (Phi) is 8.29. The van der Waals surface area contributed by atoms with E-state index >= 15 is 0 Å². The number of allylic oxidation sites excluding steroid dienone is 3. The fourth-order valence-electron chi connectivity index (χ4n) is 1.13. The minimum Gasteiger partial charge on any atom is -0.494 e. The van der Waals surface area contributed by atoms with Crippen LogP contribution in [-0.2, 0) is 9.53 Å². The number of rotatable bonds is 4. The summed E-state index contributed by atoms with van der Waals surface area (Å²) in [6, 6.07) is 5.69. The van der Waals surface area contributed by atoms with Crippen molar-refractivity contribution in [3.05, 3.63) is 54.6 Å². The van der Waals surface area contributed by atoms with Gasteiger partial charge in [0.2, 0.25) is 0 Å². The monoisotopic (exact) mass is 233 g/mol. The van der Waals surface area contributed by atoms with Gasteiger partial charge in [-0.3, -0.25) is 9.78 Å². The molecule has 0 bridgehead atoms. The molecule has 1 aromatic heterocycles. The van der Waals surface area contributed by atoms with Crippen molar-refractivity contribution in [2.45, 2.75) is 19.8 Å². The Morgan fingerprint density at radius 2 is 2.18 bits per heavy atom. The summed E-state index contributed by atoms with van der Waals surface area (Å²) in [5.74, 6) is 0.416. The van der Waals surface area contributed by atoms with Crippen LogP contribution in [0.1, 0.15) is 25.5 Å². The second kappa shape index (κ2) is 9.33. The second-order valence-corrected chi connectivity index (χ2v) is 3.34. The summed E-state index contributed by atoms with van der Waals surface area (Å²) in [5, 5.41) is 0. The quantitative estimate of drug-likeness (QED) is 0.347. The Hall–Kier alpha value is -1.90. The smallest absolute Gasteiger partial charge is 0.184 e. The van der Waals surface area contributed by atoms with E-state index in [4.69, 9.17) is 4.74 Å². The predicted molar refractivity (Wildman–Crippen MR) is 69.7 cm³/mol. The maximum Gasteiger partial charge on any atom is 0.184 e.